The van der Waals surface area contributed by atoms with Crippen molar-refractivity contribution in [2.45, 2.75) is 51.1 Å². The average molecular weight is 547 g/mol. The Hall–Kier alpha value is -3.22. The van der Waals surface area contributed by atoms with Gasteiger partial charge in [-0.25, -0.2) is 9.97 Å². The number of nitrogens with one attached hydrogen (secondary N) is 1. The number of halogens is 3. The lowest BCUT2D eigenvalue weighted by Crippen LogP contribution is -2.58. The summed E-state index contributed by atoms with van der Waals surface area (Å²) in [5, 5.41) is 18.6. The molecule has 12 heteroatoms. The van der Waals surface area contributed by atoms with Crippen molar-refractivity contribution < 1.29 is 18.3 Å². The SMILES string of the molecule is Cn1ccc(-c2c(N)ncnc2N2CCN(C(CNC(C)(C)C(C)(C)O)c3ccc(C(F)(F)F)cc3)CC2)n1. The standard InChI is InChI=1S/C27H37F3N8O/c1-25(2,26(3,4)39)34-16-21(18-6-8-19(9-7-18)27(28,29)30)37-12-14-38(15-13-37)24-22(23(31)32-17-33-24)20-10-11-36(5)35-20/h6-11,17,21,34,39H,12-16H2,1-5H3,(H2,31,32,33). The summed E-state index contributed by atoms with van der Waals surface area (Å²) < 4.78 is 41.4. The highest BCUT2D eigenvalue weighted by Gasteiger charge is 2.37. The Morgan fingerprint density at radius 3 is 2.18 bits per heavy atom. The zero-order valence-corrected chi connectivity index (χ0v) is 23.0. The van der Waals surface area contributed by atoms with Gasteiger partial charge in [-0.05, 0) is 51.5 Å². The third-order valence-corrected chi connectivity index (χ3v) is 7.77. The van der Waals surface area contributed by atoms with Crippen LogP contribution in [0.2, 0.25) is 0 Å². The molecule has 0 saturated carbocycles. The highest BCUT2D eigenvalue weighted by atomic mass is 19.4. The van der Waals surface area contributed by atoms with E-state index in [4.69, 9.17) is 5.73 Å². The highest BCUT2D eigenvalue weighted by Crippen LogP contribution is 2.34. The van der Waals surface area contributed by atoms with Crippen LogP contribution in [0.1, 0.15) is 44.9 Å². The molecule has 0 spiro atoms. The minimum Gasteiger partial charge on any atom is -0.389 e. The molecule has 0 bridgehead atoms. The van der Waals surface area contributed by atoms with Gasteiger partial charge in [0.05, 0.1) is 22.4 Å². The first kappa shape index (κ1) is 28.8. The van der Waals surface area contributed by atoms with Crippen LogP contribution in [0.25, 0.3) is 11.3 Å². The first-order valence-corrected chi connectivity index (χ1v) is 12.9. The van der Waals surface area contributed by atoms with E-state index >= 15 is 0 Å². The van der Waals surface area contributed by atoms with Gasteiger partial charge in [-0.3, -0.25) is 9.58 Å². The lowest BCUT2D eigenvalue weighted by Gasteiger charge is -2.43. The maximum Gasteiger partial charge on any atom is 0.416 e. The zero-order chi connectivity index (χ0) is 28.6. The molecular weight excluding hydrogens is 509 g/mol. The van der Waals surface area contributed by atoms with Crippen molar-refractivity contribution in [1.82, 2.24) is 30.0 Å². The fourth-order valence-electron chi connectivity index (χ4n) is 4.59. The van der Waals surface area contributed by atoms with Crippen LogP contribution in [0.5, 0.6) is 0 Å². The van der Waals surface area contributed by atoms with E-state index in [1.54, 1.807) is 30.7 Å². The third kappa shape index (κ3) is 6.34. The Bertz CT molecular complexity index is 1260. The number of nitrogen functional groups attached to an aromatic ring is 1. The normalized spacial score (nSPS) is 16.5. The second-order valence-corrected chi connectivity index (χ2v) is 11.1. The van der Waals surface area contributed by atoms with Gasteiger partial charge in [-0.1, -0.05) is 12.1 Å². The number of rotatable bonds is 8. The van der Waals surface area contributed by atoms with Gasteiger partial charge in [-0.15, -0.1) is 0 Å². The van der Waals surface area contributed by atoms with Crippen LogP contribution in [-0.2, 0) is 13.2 Å². The molecule has 1 fully saturated rings. The number of hydrogen-bond donors (Lipinski definition) is 3. The molecule has 3 heterocycles. The largest absolute Gasteiger partial charge is 0.416 e. The van der Waals surface area contributed by atoms with E-state index in [9.17, 15) is 18.3 Å². The Kier molecular flexibility index (Phi) is 7.93. The van der Waals surface area contributed by atoms with Gasteiger partial charge in [0.2, 0.25) is 0 Å². The van der Waals surface area contributed by atoms with Crippen molar-refractivity contribution in [3.05, 3.63) is 54.0 Å². The van der Waals surface area contributed by atoms with Crippen LogP contribution in [0.15, 0.2) is 42.9 Å². The summed E-state index contributed by atoms with van der Waals surface area (Å²) in [4.78, 5) is 13.1. The van der Waals surface area contributed by atoms with E-state index in [0.717, 1.165) is 17.7 Å². The molecule has 1 aliphatic rings. The maximum atomic E-state index is 13.2. The van der Waals surface area contributed by atoms with E-state index in [1.807, 2.05) is 33.2 Å². The molecule has 39 heavy (non-hydrogen) atoms. The molecule has 1 aromatic carbocycles. The van der Waals surface area contributed by atoms with Crippen LogP contribution < -0.4 is 16.0 Å². The van der Waals surface area contributed by atoms with Crippen molar-refractivity contribution in [2.75, 3.05) is 43.4 Å². The zero-order valence-electron chi connectivity index (χ0n) is 23.0. The van der Waals surface area contributed by atoms with E-state index in [-0.39, 0.29) is 6.04 Å². The van der Waals surface area contributed by atoms with E-state index in [2.05, 4.69) is 30.2 Å². The number of aryl methyl sites for hydroxylation is 1. The first-order valence-electron chi connectivity index (χ1n) is 12.9. The smallest absolute Gasteiger partial charge is 0.389 e. The molecule has 0 radical (unpaired) electrons. The number of hydrogen-bond acceptors (Lipinski definition) is 8. The molecule has 1 aliphatic heterocycles. The summed E-state index contributed by atoms with van der Waals surface area (Å²) in [5.74, 6) is 1.05. The van der Waals surface area contributed by atoms with Gasteiger partial charge in [0.1, 0.15) is 18.0 Å². The average Bonchev–Trinajstić information content (AvgIpc) is 3.29. The molecule has 4 N–H and O–H groups in total. The van der Waals surface area contributed by atoms with E-state index in [0.29, 0.717) is 55.6 Å². The van der Waals surface area contributed by atoms with Gasteiger partial charge < -0.3 is 21.1 Å². The number of aromatic nitrogens is 4. The molecule has 212 valence electrons. The van der Waals surface area contributed by atoms with Crippen LogP contribution in [0, 0.1) is 0 Å². The molecule has 9 nitrogen and oxygen atoms in total. The van der Waals surface area contributed by atoms with Crippen LogP contribution in [-0.4, -0.2) is 73.6 Å². The predicted molar refractivity (Wildman–Crippen MR) is 145 cm³/mol. The minimum atomic E-state index is -4.40. The highest BCUT2D eigenvalue weighted by molar-refractivity contribution is 5.81. The number of piperazine rings is 1. The number of anilines is 2. The van der Waals surface area contributed by atoms with Gasteiger partial charge >= 0.3 is 6.18 Å². The summed E-state index contributed by atoms with van der Waals surface area (Å²) in [5.41, 5.74) is 6.06. The van der Waals surface area contributed by atoms with Crippen molar-refractivity contribution in [1.29, 1.82) is 0 Å². The molecule has 2 aromatic heterocycles. The van der Waals surface area contributed by atoms with Crippen molar-refractivity contribution in [2.24, 2.45) is 7.05 Å². The molecule has 0 amide bonds. The number of benzene rings is 1. The van der Waals surface area contributed by atoms with Crippen LogP contribution in [0.4, 0.5) is 24.8 Å². The number of alkyl halides is 3. The monoisotopic (exact) mass is 546 g/mol. The second-order valence-electron chi connectivity index (χ2n) is 11.1. The molecule has 1 atom stereocenters. The summed E-state index contributed by atoms with van der Waals surface area (Å²) >= 11 is 0. The number of nitrogens with two attached hydrogens (primary N) is 1. The molecule has 1 unspecified atom stereocenters. The fourth-order valence-corrected chi connectivity index (χ4v) is 4.59. The van der Waals surface area contributed by atoms with Crippen molar-refractivity contribution in [3.8, 4) is 11.3 Å². The quantitative estimate of drug-likeness (QED) is 0.394. The predicted octanol–water partition coefficient (Wildman–Crippen LogP) is 3.48. The lowest BCUT2D eigenvalue weighted by molar-refractivity contribution is -0.137. The number of nitrogens with zero attached hydrogens (tertiary/aromatic N) is 6. The third-order valence-electron chi connectivity index (χ3n) is 7.77. The topological polar surface area (TPSA) is 108 Å². The molecule has 0 aliphatic carbocycles. The van der Waals surface area contributed by atoms with Crippen molar-refractivity contribution in [3.63, 3.8) is 0 Å². The fraction of sp³-hybridized carbons (Fsp3) is 0.519. The van der Waals surface area contributed by atoms with Crippen molar-refractivity contribution >= 4 is 11.6 Å². The lowest BCUT2D eigenvalue weighted by atomic mass is 9.85. The first-order chi connectivity index (χ1) is 18.2. The summed E-state index contributed by atoms with van der Waals surface area (Å²) in [6.07, 6.45) is -1.12. The summed E-state index contributed by atoms with van der Waals surface area (Å²) in [6.45, 7) is 10.3. The van der Waals surface area contributed by atoms with E-state index < -0.39 is 22.9 Å². The molecule has 1 saturated heterocycles. The van der Waals surface area contributed by atoms with Gasteiger partial charge in [0.15, 0.2) is 0 Å². The van der Waals surface area contributed by atoms with Gasteiger partial charge in [-0.2, -0.15) is 18.3 Å². The van der Waals surface area contributed by atoms with Gasteiger partial charge in [0.25, 0.3) is 0 Å². The summed E-state index contributed by atoms with van der Waals surface area (Å²) in [7, 11) is 1.83. The Labute approximate surface area is 226 Å². The Morgan fingerprint density at radius 1 is 1.00 bits per heavy atom. The molecular formula is C27H37F3N8O. The Morgan fingerprint density at radius 2 is 1.64 bits per heavy atom. The van der Waals surface area contributed by atoms with Gasteiger partial charge in [0, 0.05) is 57.5 Å². The minimum absolute atomic E-state index is 0.207. The Balaban J connectivity index is 1.56. The molecule has 4 rings (SSSR count). The van der Waals surface area contributed by atoms with E-state index in [1.165, 1.54) is 6.33 Å². The van der Waals surface area contributed by atoms with Crippen LogP contribution in [0.3, 0.4) is 0 Å². The van der Waals surface area contributed by atoms with Crippen LogP contribution >= 0.6 is 0 Å². The second kappa shape index (κ2) is 10.7. The summed E-state index contributed by atoms with van der Waals surface area (Å²) in [6, 6.07) is 7.00. The molecule has 3 aromatic rings. The maximum absolute atomic E-state index is 13.2. The number of aliphatic hydroxyl groups is 1.